The molecule has 2 bridgehead atoms. The number of hydrogen-bond acceptors (Lipinski definition) is 12. The van der Waals surface area contributed by atoms with Gasteiger partial charge < -0.3 is 39.6 Å². The molecule has 1 saturated heterocycles. The van der Waals surface area contributed by atoms with Gasteiger partial charge in [0.2, 0.25) is 0 Å². The first-order valence-corrected chi connectivity index (χ1v) is 19.5. The summed E-state index contributed by atoms with van der Waals surface area (Å²) < 4.78 is 24.4. The van der Waals surface area contributed by atoms with Crippen LogP contribution in [0.1, 0.15) is 86.2 Å². The van der Waals surface area contributed by atoms with E-state index in [9.17, 15) is 39.3 Å². The van der Waals surface area contributed by atoms with E-state index in [-0.39, 0.29) is 25.0 Å². The number of carbonyl (C=O) groups is 5. The Bertz CT molecular complexity index is 2120. The fraction of sp³-hybridized carbons (Fsp3) is 0.444. The van der Waals surface area contributed by atoms with E-state index in [2.05, 4.69) is 5.32 Å². The molecule has 1 unspecified atom stereocenters. The number of benzene rings is 3. The normalized spacial score (nSPS) is 32.1. The van der Waals surface area contributed by atoms with Gasteiger partial charge in [0.1, 0.15) is 29.7 Å². The van der Waals surface area contributed by atoms with E-state index in [1.165, 1.54) is 19.1 Å². The molecule has 4 aliphatic rings. The molecular weight excluding hydrogens is 746 g/mol. The summed E-state index contributed by atoms with van der Waals surface area (Å²) in [5.74, 6) is -5.03. The zero-order valence-electron chi connectivity index (χ0n) is 33.0. The number of esters is 3. The lowest BCUT2D eigenvalue weighted by molar-refractivity contribution is -0.344. The number of carbonyl (C=O) groups excluding carboxylic acids is 5. The maximum absolute atomic E-state index is 14.9. The van der Waals surface area contributed by atoms with Gasteiger partial charge in [-0.15, -0.1) is 0 Å². The largest absolute Gasteiger partial charge is 0.456 e. The quantitative estimate of drug-likeness (QED) is 0.137. The van der Waals surface area contributed by atoms with Gasteiger partial charge in [0.25, 0.3) is 5.91 Å². The van der Waals surface area contributed by atoms with Crippen LogP contribution in [-0.4, -0.2) is 93.2 Å². The average molecular weight is 796 g/mol. The minimum atomic E-state index is -2.17. The molecule has 1 amide bonds. The smallest absolute Gasteiger partial charge is 0.338 e. The molecule has 1 heterocycles. The molecule has 13 heteroatoms. The third-order valence-corrected chi connectivity index (χ3v) is 13.2. The van der Waals surface area contributed by atoms with Crippen LogP contribution in [0.3, 0.4) is 0 Å². The van der Waals surface area contributed by atoms with Crippen molar-refractivity contribution in [2.75, 3.05) is 6.61 Å². The molecule has 2 saturated carbocycles. The number of aliphatic hydroxyl groups excluding tert-OH is 2. The SMILES string of the molecule is CC(=O)O[C@@]12CO[C@@H]1C[C@H](O)[C@@]1(C)C(=O)CC3=C(C)[C@@H](OC(=O)[C@H](O)[C@@H](NC(=O)c4ccccc4)c4ccccc4)C[C@@](O)([C@@H](OC(=O)c4ccccc4)C12)C3(C)C. The van der Waals surface area contributed by atoms with Crippen LogP contribution in [0.25, 0.3) is 0 Å². The van der Waals surface area contributed by atoms with Crippen LogP contribution in [0, 0.1) is 16.7 Å². The second kappa shape index (κ2) is 15.2. The summed E-state index contributed by atoms with van der Waals surface area (Å²) >= 11 is 0. The number of hydrogen-bond donors (Lipinski definition) is 4. The van der Waals surface area contributed by atoms with Crippen molar-refractivity contribution in [3.05, 3.63) is 119 Å². The fourth-order valence-corrected chi connectivity index (χ4v) is 9.76. The van der Waals surface area contributed by atoms with E-state index in [1.807, 2.05) is 0 Å². The molecule has 0 spiro atoms. The number of ketones is 1. The number of nitrogens with one attached hydrogen (secondary N) is 1. The summed E-state index contributed by atoms with van der Waals surface area (Å²) in [7, 11) is 0. The van der Waals surface area contributed by atoms with Crippen molar-refractivity contribution in [3.8, 4) is 0 Å². The number of fused-ring (bicyclic) bond motifs is 5. The van der Waals surface area contributed by atoms with Crippen molar-refractivity contribution in [1.29, 1.82) is 0 Å². The number of rotatable bonds is 9. The Hall–Kier alpha value is -5.21. The Morgan fingerprint density at radius 1 is 0.879 bits per heavy atom. The average Bonchev–Trinajstić information content (AvgIpc) is 3.20. The summed E-state index contributed by atoms with van der Waals surface area (Å²) in [5, 5.41) is 39.7. The van der Waals surface area contributed by atoms with Gasteiger partial charge in [0.05, 0.1) is 35.6 Å². The lowest BCUT2D eigenvalue weighted by Gasteiger charge is -2.67. The van der Waals surface area contributed by atoms with Gasteiger partial charge in [0, 0.05) is 37.2 Å². The molecule has 3 fully saturated rings. The first-order chi connectivity index (χ1) is 27.5. The summed E-state index contributed by atoms with van der Waals surface area (Å²) in [6.07, 6.45) is -7.90. The molecule has 3 aliphatic carbocycles. The predicted molar refractivity (Wildman–Crippen MR) is 207 cm³/mol. The van der Waals surface area contributed by atoms with Gasteiger partial charge >= 0.3 is 17.9 Å². The first kappa shape index (κ1) is 41.0. The Labute approximate surface area is 336 Å². The molecule has 58 heavy (non-hydrogen) atoms. The Morgan fingerprint density at radius 3 is 2.03 bits per heavy atom. The zero-order valence-corrected chi connectivity index (χ0v) is 33.0. The molecule has 1 aliphatic heterocycles. The third-order valence-electron chi connectivity index (χ3n) is 13.2. The molecule has 0 radical (unpaired) electrons. The summed E-state index contributed by atoms with van der Waals surface area (Å²) in [5.41, 5.74) is -5.19. The second-order valence-corrected chi connectivity index (χ2v) is 16.7. The van der Waals surface area contributed by atoms with Crippen LogP contribution < -0.4 is 5.32 Å². The Kier molecular flexibility index (Phi) is 10.7. The Balaban J connectivity index is 1.32. The summed E-state index contributed by atoms with van der Waals surface area (Å²) in [4.78, 5) is 69.3. The third kappa shape index (κ3) is 6.63. The van der Waals surface area contributed by atoms with Gasteiger partial charge in [-0.25, -0.2) is 9.59 Å². The monoisotopic (exact) mass is 795 g/mol. The maximum Gasteiger partial charge on any atom is 0.338 e. The van der Waals surface area contributed by atoms with Crippen molar-refractivity contribution in [3.63, 3.8) is 0 Å². The van der Waals surface area contributed by atoms with Crippen LogP contribution in [0.5, 0.6) is 0 Å². The van der Waals surface area contributed by atoms with Crippen molar-refractivity contribution >= 4 is 29.6 Å². The minimum Gasteiger partial charge on any atom is -0.456 e. The molecule has 3 aromatic carbocycles. The summed E-state index contributed by atoms with van der Waals surface area (Å²) in [6.45, 7) is 7.62. The highest BCUT2D eigenvalue weighted by Crippen LogP contribution is 2.64. The molecule has 7 rings (SSSR count). The van der Waals surface area contributed by atoms with Crippen LogP contribution in [-0.2, 0) is 33.3 Å². The van der Waals surface area contributed by atoms with E-state index < -0.39 is 101 Å². The highest BCUT2D eigenvalue weighted by molar-refractivity contribution is 5.95. The van der Waals surface area contributed by atoms with E-state index in [4.69, 9.17) is 18.9 Å². The lowest BCUT2D eigenvalue weighted by Crippen LogP contribution is -2.80. The standard InChI is InChI=1S/C45H49NO12/c1-25-30-21-32(48)43(5)33(49)22-34-44(24-55-34,58-26(2)47)37(43)38(57-40(52)29-19-13-8-14-20-29)45(54,42(30,3)4)23-31(25)56-41(53)36(50)35(27-15-9-6-10-16-27)46-39(51)28-17-11-7-12-18-28/h6-20,31,33-38,49-50,54H,21-24H2,1-5H3,(H,46,51)/t31-,33-,34+,35-,36+,37?,38-,43+,44-,45+/m0/s1. The van der Waals surface area contributed by atoms with E-state index >= 15 is 0 Å². The molecule has 13 nitrogen and oxygen atoms in total. The highest BCUT2D eigenvalue weighted by atomic mass is 16.6. The van der Waals surface area contributed by atoms with Gasteiger partial charge in [-0.05, 0) is 49.2 Å². The number of ether oxygens (including phenoxy) is 4. The molecule has 4 N–H and O–H groups in total. The maximum atomic E-state index is 14.9. The van der Waals surface area contributed by atoms with Crippen molar-refractivity contribution in [2.45, 2.75) is 102 Å². The molecular formula is C45H49NO12. The minimum absolute atomic E-state index is 0.0628. The van der Waals surface area contributed by atoms with Crippen LogP contribution in [0.15, 0.2) is 102 Å². The number of aliphatic hydroxyl groups is 3. The number of Topliss-reactive ketones (excluding diaryl/α,β-unsaturated/α-hetero) is 1. The molecule has 10 atom stereocenters. The van der Waals surface area contributed by atoms with Crippen molar-refractivity contribution in [2.24, 2.45) is 16.7 Å². The molecule has 306 valence electrons. The van der Waals surface area contributed by atoms with E-state index in [1.54, 1.807) is 107 Å². The highest BCUT2D eigenvalue weighted by Gasteiger charge is 2.77. The van der Waals surface area contributed by atoms with Crippen LogP contribution in [0.2, 0.25) is 0 Å². The molecule has 0 aromatic heterocycles. The van der Waals surface area contributed by atoms with Crippen molar-refractivity contribution in [1.82, 2.24) is 5.32 Å². The lowest BCUT2D eigenvalue weighted by atomic mass is 9.45. The van der Waals surface area contributed by atoms with E-state index in [0.29, 0.717) is 22.3 Å². The van der Waals surface area contributed by atoms with Crippen LogP contribution in [0.4, 0.5) is 0 Å². The van der Waals surface area contributed by atoms with Gasteiger partial charge in [-0.1, -0.05) is 86.2 Å². The van der Waals surface area contributed by atoms with Crippen molar-refractivity contribution < 1.29 is 58.2 Å². The van der Waals surface area contributed by atoms with Gasteiger partial charge in [-0.2, -0.15) is 0 Å². The first-order valence-electron chi connectivity index (χ1n) is 19.5. The summed E-state index contributed by atoms with van der Waals surface area (Å²) in [6, 6.07) is 23.5. The van der Waals surface area contributed by atoms with E-state index in [0.717, 1.165) is 0 Å². The Morgan fingerprint density at radius 2 is 1.47 bits per heavy atom. The zero-order chi connectivity index (χ0) is 41.8. The second-order valence-electron chi connectivity index (χ2n) is 16.7. The number of amides is 1. The molecule has 3 aromatic rings. The van der Waals surface area contributed by atoms with Crippen LogP contribution >= 0.6 is 0 Å². The van der Waals surface area contributed by atoms with Gasteiger partial charge in [0.15, 0.2) is 11.7 Å². The predicted octanol–water partition coefficient (Wildman–Crippen LogP) is 4.19. The fourth-order valence-electron chi connectivity index (χ4n) is 9.76. The topological polar surface area (TPSA) is 195 Å². The van der Waals surface area contributed by atoms with Gasteiger partial charge in [-0.3, -0.25) is 14.4 Å².